The number of hydrogen-bond donors (Lipinski definition) is 2. The molecule has 1 saturated heterocycles. The van der Waals surface area contributed by atoms with Crippen molar-refractivity contribution in [3.8, 4) is 0 Å². The van der Waals surface area contributed by atoms with Crippen molar-refractivity contribution in [3.05, 3.63) is 24.3 Å². The summed E-state index contributed by atoms with van der Waals surface area (Å²) in [5.41, 5.74) is -1.48. The number of ether oxygens (including phenoxy) is 1. The van der Waals surface area contributed by atoms with Gasteiger partial charge in [0.15, 0.2) is 0 Å². The van der Waals surface area contributed by atoms with Gasteiger partial charge in [-0.3, -0.25) is 0 Å². The Hall–Kier alpha value is -1.13. The van der Waals surface area contributed by atoms with E-state index in [-0.39, 0.29) is 29.8 Å². The SMILES string of the molecule is C=C1C(=O)O[C@@H]2[C@H]3[C@@H](C=C[C@]3(C)O)[C@@](C)(O)CC[C@H]12. The highest BCUT2D eigenvalue weighted by atomic mass is 16.6. The Morgan fingerprint density at radius 3 is 2.79 bits per heavy atom. The molecule has 2 aliphatic carbocycles. The first-order valence-electron chi connectivity index (χ1n) is 6.78. The highest BCUT2D eigenvalue weighted by Crippen LogP contribution is 2.52. The molecule has 0 bridgehead atoms. The first kappa shape index (κ1) is 12.9. The van der Waals surface area contributed by atoms with Crippen LogP contribution in [0.2, 0.25) is 0 Å². The van der Waals surface area contributed by atoms with Gasteiger partial charge in [-0.15, -0.1) is 0 Å². The number of fused-ring (bicyclic) bond motifs is 3. The third-order valence-electron chi connectivity index (χ3n) is 5.09. The fraction of sp³-hybridized carbons (Fsp3) is 0.667. The second-order valence-corrected chi connectivity index (χ2v) is 6.53. The minimum absolute atomic E-state index is 0.0969. The zero-order chi connectivity index (χ0) is 14.0. The molecule has 0 amide bonds. The summed E-state index contributed by atoms with van der Waals surface area (Å²) >= 11 is 0. The zero-order valence-electron chi connectivity index (χ0n) is 11.3. The molecule has 2 N–H and O–H groups in total. The van der Waals surface area contributed by atoms with Crippen LogP contribution in [0.5, 0.6) is 0 Å². The van der Waals surface area contributed by atoms with Crippen LogP contribution in [0.3, 0.4) is 0 Å². The van der Waals surface area contributed by atoms with Crippen LogP contribution >= 0.6 is 0 Å². The van der Waals surface area contributed by atoms with Gasteiger partial charge in [-0.05, 0) is 26.7 Å². The third kappa shape index (κ3) is 1.70. The predicted octanol–water partition coefficient (Wildman–Crippen LogP) is 1.18. The molecule has 1 aliphatic heterocycles. The largest absolute Gasteiger partial charge is 0.458 e. The normalized spacial score (nSPS) is 52.6. The van der Waals surface area contributed by atoms with E-state index in [0.29, 0.717) is 18.4 Å². The fourth-order valence-electron chi connectivity index (χ4n) is 3.93. The maximum atomic E-state index is 11.7. The minimum atomic E-state index is -1.06. The van der Waals surface area contributed by atoms with Crippen molar-refractivity contribution in [1.82, 2.24) is 0 Å². The summed E-state index contributed by atoms with van der Waals surface area (Å²) in [5, 5.41) is 21.2. The van der Waals surface area contributed by atoms with Crippen LogP contribution in [0.25, 0.3) is 0 Å². The first-order valence-corrected chi connectivity index (χ1v) is 6.78. The predicted molar refractivity (Wildman–Crippen MR) is 69.1 cm³/mol. The third-order valence-corrected chi connectivity index (χ3v) is 5.09. The van der Waals surface area contributed by atoms with Gasteiger partial charge < -0.3 is 14.9 Å². The Morgan fingerprint density at radius 2 is 2.11 bits per heavy atom. The van der Waals surface area contributed by atoms with Gasteiger partial charge in [-0.25, -0.2) is 4.79 Å². The molecule has 104 valence electrons. The van der Waals surface area contributed by atoms with Crippen molar-refractivity contribution in [2.75, 3.05) is 0 Å². The molecule has 3 rings (SSSR count). The van der Waals surface area contributed by atoms with Crippen molar-refractivity contribution in [1.29, 1.82) is 0 Å². The highest BCUT2D eigenvalue weighted by molar-refractivity contribution is 5.90. The Kier molecular flexibility index (Phi) is 2.51. The van der Waals surface area contributed by atoms with Crippen molar-refractivity contribution in [2.24, 2.45) is 17.8 Å². The van der Waals surface area contributed by atoms with Gasteiger partial charge in [0.2, 0.25) is 0 Å². The van der Waals surface area contributed by atoms with Gasteiger partial charge in [-0.2, -0.15) is 0 Å². The Bertz CT molecular complexity index is 475. The quantitative estimate of drug-likeness (QED) is 0.392. The van der Waals surface area contributed by atoms with E-state index < -0.39 is 11.2 Å². The van der Waals surface area contributed by atoms with E-state index in [1.54, 1.807) is 19.9 Å². The van der Waals surface area contributed by atoms with Gasteiger partial charge in [0.1, 0.15) is 6.10 Å². The molecular weight excluding hydrogens is 244 g/mol. The summed E-state index contributed by atoms with van der Waals surface area (Å²) in [7, 11) is 0. The average Bonchev–Trinajstić information content (AvgIpc) is 2.71. The average molecular weight is 264 g/mol. The van der Waals surface area contributed by atoms with Crippen LogP contribution in [0.15, 0.2) is 24.3 Å². The Labute approximate surface area is 112 Å². The molecule has 6 atom stereocenters. The van der Waals surface area contributed by atoms with Crippen molar-refractivity contribution in [2.45, 2.75) is 44.0 Å². The van der Waals surface area contributed by atoms with Gasteiger partial charge in [-0.1, -0.05) is 18.7 Å². The Balaban J connectivity index is 2.05. The molecule has 2 fully saturated rings. The first-order chi connectivity index (χ1) is 8.74. The molecule has 3 aliphatic rings. The molecule has 0 unspecified atom stereocenters. The van der Waals surface area contributed by atoms with Gasteiger partial charge in [0.25, 0.3) is 0 Å². The van der Waals surface area contributed by atoms with Crippen LogP contribution in [-0.4, -0.2) is 33.5 Å². The van der Waals surface area contributed by atoms with E-state index in [2.05, 4.69) is 6.58 Å². The number of esters is 1. The topological polar surface area (TPSA) is 66.8 Å². The smallest absolute Gasteiger partial charge is 0.334 e. The van der Waals surface area contributed by atoms with E-state index in [1.165, 1.54) is 0 Å². The summed E-state index contributed by atoms with van der Waals surface area (Å²) in [6.07, 6.45) is 4.43. The number of rotatable bonds is 0. The zero-order valence-corrected chi connectivity index (χ0v) is 11.3. The Morgan fingerprint density at radius 1 is 1.42 bits per heavy atom. The summed E-state index contributed by atoms with van der Waals surface area (Å²) < 4.78 is 5.45. The molecule has 0 radical (unpaired) electrons. The minimum Gasteiger partial charge on any atom is -0.458 e. The summed E-state index contributed by atoms with van der Waals surface area (Å²) in [5.74, 6) is -0.965. The molecular formula is C15H20O4. The van der Waals surface area contributed by atoms with Gasteiger partial charge in [0, 0.05) is 23.3 Å². The second kappa shape index (κ2) is 3.70. The number of aliphatic hydroxyl groups is 2. The number of carbonyl (C=O) groups is 1. The lowest BCUT2D eigenvalue weighted by Gasteiger charge is -2.38. The lowest BCUT2D eigenvalue weighted by atomic mass is 9.73. The number of carbonyl (C=O) groups excluding carboxylic acids is 1. The summed E-state index contributed by atoms with van der Waals surface area (Å²) in [6, 6.07) is 0. The van der Waals surface area contributed by atoms with Crippen molar-refractivity contribution < 1.29 is 19.7 Å². The molecule has 0 aromatic carbocycles. The lowest BCUT2D eigenvalue weighted by Crippen LogP contribution is -2.47. The molecule has 0 aromatic heterocycles. The van der Waals surface area contributed by atoms with Gasteiger partial charge in [0.05, 0.1) is 11.2 Å². The monoisotopic (exact) mass is 264 g/mol. The van der Waals surface area contributed by atoms with E-state index in [1.807, 2.05) is 6.08 Å². The van der Waals surface area contributed by atoms with E-state index in [0.717, 1.165) is 0 Å². The molecule has 1 saturated carbocycles. The van der Waals surface area contributed by atoms with Crippen LogP contribution in [0.1, 0.15) is 26.7 Å². The van der Waals surface area contributed by atoms with E-state index in [4.69, 9.17) is 4.74 Å². The van der Waals surface area contributed by atoms with E-state index in [9.17, 15) is 15.0 Å². The summed E-state index contributed by atoms with van der Waals surface area (Å²) in [4.78, 5) is 11.7. The molecule has 1 heterocycles. The van der Waals surface area contributed by atoms with Crippen LogP contribution in [0.4, 0.5) is 0 Å². The van der Waals surface area contributed by atoms with Gasteiger partial charge >= 0.3 is 5.97 Å². The molecule has 19 heavy (non-hydrogen) atoms. The van der Waals surface area contributed by atoms with Crippen molar-refractivity contribution >= 4 is 5.97 Å². The standard InChI is InChI=1S/C15H20O4/c1-8-9-4-6-14(2,17)10-5-7-15(3,18)11(10)12(9)19-13(8)16/h5,7,9-12,17-18H,1,4,6H2,2-3H3/t9-,10-,11-,12+,14+,15+/m1/s1. The van der Waals surface area contributed by atoms with Crippen LogP contribution < -0.4 is 0 Å². The van der Waals surface area contributed by atoms with Crippen molar-refractivity contribution in [3.63, 3.8) is 0 Å². The molecule has 0 spiro atoms. The number of hydrogen-bond acceptors (Lipinski definition) is 4. The lowest BCUT2D eigenvalue weighted by molar-refractivity contribution is -0.148. The molecule has 0 aromatic rings. The maximum absolute atomic E-state index is 11.7. The summed E-state index contributed by atoms with van der Waals surface area (Å²) in [6.45, 7) is 7.32. The molecule has 4 nitrogen and oxygen atoms in total. The second-order valence-electron chi connectivity index (χ2n) is 6.53. The van der Waals surface area contributed by atoms with Crippen LogP contribution in [0, 0.1) is 17.8 Å². The van der Waals surface area contributed by atoms with Crippen LogP contribution in [-0.2, 0) is 9.53 Å². The van der Waals surface area contributed by atoms with E-state index >= 15 is 0 Å². The highest BCUT2D eigenvalue weighted by Gasteiger charge is 2.58. The molecule has 4 heteroatoms. The maximum Gasteiger partial charge on any atom is 0.334 e. The fourth-order valence-corrected chi connectivity index (χ4v) is 3.93.